The topological polar surface area (TPSA) is 0 Å². The van der Waals surface area contributed by atoms with Crippen molar-refractivity contribution in [3.63, 3.8) is 0 Å². The fraction of sp³-hybridized carbons (Fsp3) is 0.172. The van der Waals surface area contributed by atoms with Crippen molar-refractivity contribution in [2.45, 2.75) is 26.2 Å². The van der Waals surface area contributed by atoms with Gasteiger partial charge in [0, 0.05) is 5.41 Å². The number of hydrogen-bond acceptors (Lipinski definition) is 0. The predicted molar refractivity (Wildman–Crippen MR) is 125 cm³/mol. The summed E-state index contributed by atoms with van der Waals surface area (Å²) in [4.78, 5) is 0. The van der Waals surface area contributed by atoms with Crippen molar-refractivity contribution in [3.05, 3.63) is 131 Å². The first-order chi connectivity index (χ1) is 14.0. The summed E-state index contributed by atoms with van der Waals surface area (Å²) < 4.78 is 0. The molecule has 0 nitrogen and oxygen atoms in total. The van der Waals surface area contributed by atoms with Crippen LogP contribution in [0.15, 0.2) is 109 Å². The molecule has 0 amide bonds. The molecule has 0 heteroatoms. The molecule has 2 aromatic rings. The molecule has 0 N–H and O–H groups in total. The van der Waals surface area contributed by atoms with E-state index in [1.54, 1.807) is 0 Å². The van der Waals surface area contributed by atoms with Crippen molar-refractivity contribution in [2.24, 2.45) is 5.41 Å². The quantitative estimate of drug-likeness (QED) is 0.487. The van der Waals surface area contributed by atoms with Gasteiger partial charge in [0.05, 0.1) is 5.41 Å². The highest BCUT2D eigenvalue weighted by Crippen LogP contribution is 2.63. The SMILES string of the molecule is C=C1/C(=C\C=C/C)C2(C3=C(C=CC(C)(C)C=C3)c3ccccc32)c2ccccc21. The molecule has 5 rings (SSSR count). The summed E-state index contributed by atoms with van der Waals surface area (Å²) in [6, 6.07) is 17.7. The average Bonchev–Trinajstić information content (AvgIpc) is 3.07. The molecule has 3 aliphatic rings. The van der Waals surface area contributed by atoms with Gasteiger partial charge >= 0.3 is 0 Å². The lowest BCUT2D eigenvalue weighted by Gasteiger charge is -2.32. The van der Waals surface area contributed by atoms with Gasteiger partial charge in [0.1, 0.15) is 0 Å². The summed E-state index contributed by atoms with van der Waals surface area (Å²) in [7, 11) is 0. The predicted octanol–water partition coefficient (Wildman–Crippen LogP) is 7.42. The zero-order valence-electron chi connectivity index (χ0n) is 17.4. The van der Waals surface area contributed by atoms with Crippen molar-refractivity contribution >= 4 is 11.1 Å². The number of rotatable bonds is 1. The second-order valence-electron chi connectivity index (χ2n) is 8.74. The van der Waals surface area contributed by atoms with Crippen LogP contribution in [0.3, 0.4) is 0 Å². The van der Waals surface area contributed by atoms with Gasteiger partial charge in [-0.25, -0.2) is 0 Å². The molecule has 142 valence electrons. The fourth-order valence-electron chi connectivity index (χ4n) is 5.17. The molecule has 0 aromatic heterocycles. The van der Waals surface area contributed by atoms with E-state index in [-0.39, 0.29) is 10.8 Å². The van der Waals surface area contributed by atoms with Gasteiger partial charge in [0.25, 0.3) is 0 Å². The number of fused-ring (bicyclic) bond motifs is 6. The Hall–Kier alpha value is -3.12. The number of benzene rings is 2. The first-order valence-electron chi connectivity index (χ1n) is 10.4. The summed E-state index contributed by atoms with van der Waals surface area (Å²) in [6.45, 7) is 11.1. The van der Waals surface area contributed by atoms with Crippen molar-refractivity contribution in [1.29, 1.82) is 0 Å². The third-order valence-corrected chi connectivity index (χ3v) is 6.52. The van der Waals surface area contributed by atoms with E-state index in [2.05, 4.69) is 118 Å². The van der Waals surface area contributed by atoms with Gasteiger partial charge in [-0.15, -0.1) is 0 Å². The highest BCUT2D eigenvalue weighted by Gasteiger charge is 2.53. The molecule has 0 heterocycles. The van der Waals surface area contributed by atoms with Gasteiger partial charge in [-0.1, -0.05) is 111 Å². The van der Waals surface area contributed by atoms with Crippen molar-refractivity contribution in [3.8, 4) is 0 Å². The van der Waals surface area contributed by atoms with Crippen LogP contribution in [0.2, 0.25) is 0 Å². The van der Waals surface area contributed by atoms with Crippen LogP contribution in [0, 0.1) is 5.41 Å². The molecule has 3 aliphatic carbocycles. The summed E-state index contributed by atoms with van der Waals surface area (Å²) in [5.74, 6) is 0. The lowest BCUT2D eigenvalue weighted by Crippen LogP contribution is -2.27. The molecule has 29 heavy (non-hydrogen) atoms. The molecule has 1 atom stereocenters. The summed E-state index contributed by atoms with van der Waals surface area (Å²) >= 11 is 0. The largest absolute Gasteiger partial charge is 0.0908 e. The van der Waals surface area contributed by atoms with Crippen molar-refractivity contribution in [2.75, 3.05) is 0 Å². The Kier molecular flexibility index (Phi) is 3.83. The van der Waals surface area contributed by atoms with Gasteiger partial charge in [-0.2, -0.15) is 0 Å². The number of allylic oxidation sites excluding steroid dienone is 11. The first kappa shape index (κ1) is 17.9. The molecule has 0 radical (unpaired) electrons. The van der Waals surface area contributed by atoms with Crippen molar-refractivity contribution in [1.82, 2.24) is 0 Å². The standard InChI is InChI=1S/C29H26/c1-5-6-13-24-20(2)21-11-7-9-14-25(21)29(24)26-15-10-8-12-22(26)23-16-18-28(3,4)19-17-27(23)29/h5-19H,2H2,1,3-4H3/b6-5-,24-13+. The Labute approximate surface area is 174 Å². The minimum Gasteiger partial charge on any atom is -0.0908 e. The summed E-state index contributed by atoms with van der Waals surface area (Å²) in [6.07, 6.45) is 15.9. The van der Waals surface area contributed by atoms with Crippen LogP contribution < -0.4 is 0 Å². The van der Waals surface area contributed by atoms with Crippen LogP contribution in [0.4, 0.5) is 0 Å². The minimum atomic E-state index is -0.305. The first-order valence-corrected chi connectivity index (χ1v) is 10.4. The monoisotopic (exact) mass is 374 g/mol. The normalized spacial score (nSPS) is 25.1. The molecule has 0 bridgehead atoms. The Morgan fingerprint density at radius 3 is 2.17 bits per heavy atom. The number of hydrogen-bond donors (Lipinski definition) is 0. The molecule has 1 spiro atoms. The van der Waals surface area contributed by atoms with Gasteiger partial charge in [0.2, 0.25) is 0 Å². The zero-order chi connectivity index (χ0) is 20.2. The van der Waals surface area contributed by atoms with Crippen LogP contribution in [-0.2, 0) is 5.41 Å². The van der Waals surface area contributed by atoms with E-state index >= 15 is 0 Å². The highest BCUT2D eigenvalue weighted by molar-refractivity contribution is 6.01. The molecular formula is C29H26. The van der Waals surface area contributed by atoms with Crippen LogP contribution in [0.5, 0.6) is 0 Å². The second-order valence-corrected chi connectivity index (χ2v) is 8.74. The lowest BCUT2D eigenvalue weighted by molar-refractivity contribution is 0.625. The van der Waals surface area contributed by atoms with E-state index in [4.69, 9.17) is 0 Å². The van der Waals surface area contributed by atoms with Crippen LogP contribution >= 0.6 is 0 Å². The molecule has 2 aromatic carbocycles. The van der Waals surface area contributed by atoms with Gasteiger partial charge in [0.15, 0.2) is 0 Å². The lowest BCUT2D eigenvalue weighted by atomic mass is 9.69. The summed E-state index contributed by atoms with van der Waals surface area (Å²) in [5.41, 5.74) is 10.1. The molecule has 0 aliphatic heterocycles. The third-order valence-electron chi connectivity index (χ3n) is 6.52. The average molecular weight is 375 g/mol. The molecule has 0 saturated heterocycles. The summed E-state index contributed by atoms with van der Waals surface area (Å²) in [5, 5.41) is 0. The van der Waals surface area contributed by atoms with Gasteiger partial charge < -0.3 is 0 Å². The van der Waals surface area contributed by atoms with Gasteiger partial charge in [-0.05, 0) is 51.5 Å². The van der Waals surface area contributed by atoms with Crippen LogP contribution in [-0.4, -0.2) is 0 Å². The van der Waals surface area contributed by atoms with Crippen LogP contribution in [0.25, 0.3) is 11.1 Å². The Bertz CT molecular complexity index is 1190. The molecule has 1 unspecified atom stereocenters. The van der Waals surface area contributed by atoms with E-state index in [1.165, 1.54) is 39.0 Å². The zero-order valence-corrected chi connectivity index (χ0v) is 17.4. The molecule has 0 saturated carbocycles. The van der Waals surface area contributed by atoms with Crippen molar-refractivity contribution < 1.29 is 0 Å². The Morgan fingerprint density at radius 1 is 0.828 bits per heavy atom. The Morgan fingerprint density at radius 2 is 1.45 bits per heavy atom. The fourth-order valence-corrected chi connectivity index (χ4v) is 5.17. The van der Waals surface area contributed by atoms with E-state index in [1.807, 2.05) is 0 Å². The molecule has 0 fully saturated rings. The van der Waals surface area contributed by atoms with Gasteiger partial charge in [-0.3, -0.25) is 0 Å². The highest BCUT2D eigenvalue weighted by atomic mass is 14.5. The maximum atomic E-state index is 4.54. The minimum absolute atomic E-state index is 0.0306. The van der Waals surface area contributed by atoms with E-state index in [0.29, 0.717) is 0 Å². The maximum Gasteiger partial charge on any atom is 0.0725 e. The van der Waals surface area contributed by atoms with E-state index in [9.17, 15) is 0 Å². The molecular weight excluding hydrogens is 348 g/mol. The van der Waals surface area contributed by atoms with E-state index < -0.39 is 0 Å². The maximum absolute atomic E-state index is 4.54. The second kappa shape index (κ2) is 6.19. The third kappa shape index (κ3) is 2.32. The Balaban J connectivity index is 1.95. The van der Waals surface area contributed by atoms with Crippen LogP contribution in [0.1, 0.15) is 43.0 Å². The smallest absolute Gasteiger partial charge is 0.0725 e. The van der Waals surface area contributed by atoms with E-state index in [0.717, 1.165) is 5.57 Å².